The zero-order chi connectivity index (χ0) is 13.1. The van der Waals surface area contributed by atoms with Gasteiger partial charge in [-0.2, -0.15) is 0 Å². The molecule has 0 radical (unpaired) electrons. The Labute approximate surface area is 106 Å². The lowest BCUT2D eigenvalue weighted by Crippen LogP contribution is -2.01. The minimum Gasteiger partial charge on any atom is -0.484 e. The first-order chi connectivity index (χ1) is 8.58. The van der Waals surface area contributed by atoms with Gasteiger partial charge in [-0.1, -0.05) is 24.3 Å². The predicted molar refractivity (Wildman–Crippen MR) is 71.1 cm³/mol. The molecule has 2 rings (SSSR count). The Balaban J connectivity index is 2.14. The van der Waals surface area contributed by atoms with E-state index in [4.69, 9.17) is 10.5 Å². The lowest BCUT2D eigenvalue weighted by atomic mass is 10.1. The summed E-state index contributed by atoms with van der Waals surface area (Å²) in [6.07, 6.45) is 0. The van der Waals surface area contributed by atoms with Crippen molar-refractivity contribution in [3.8, 4) is 5.75 Å². The Morgan fingerprint density at radius 3 is 2.56 bits per heavy atom. The Bertz CT molecular complexity index is 546. The smallest absolute Gasteiger partial charge is 0.178 e. The maximum Gasteiger partial charge on any atom is 0.178 e. The van der Waals surface area contributed by atoms with Crippen molar-refractivity contribution < 1.29 is 9.13 Å². The number of hydrogen-bond acceptors (Lipinski definition) is 2. The van der Waals surface area contributed by atoms with E-state index in [0.29, 0.717) is 12.3 Å². The fourth-order valence-electron chi connectivity index (χ4n) is 1.73. The first kappa shape index (κ1) is 12.4. The van der Waals surface area contributed by atoms with Crippen molar-refractivity contribution in [2.24, 2.45) is 0 Å². The van der Waals surface area contributed by atoms with Gasteiger partial charge in [0, 0.05) is 0 Å². The SMILES string of the molecule is Cc1ccc(COc2c(N)cccc2F)cc1C. The van der Waals surface area contributed by atoms with Gasteiger partial charge >= 0.3 is 0 Å². The second-order valence-electron chi connectivity index (χ2n) is 4.37. The first-order valence-electron chi connectivity index (χ1n) is 5.81. The van der Waals surface area contributed by atoms with Crippen LogP contribution in [0.5, 0.6) is 5.75 Å². The van der Waals surface area contributed by atoms with E-state index in [1.54, 1.807) is 12.1 Å². The highest BCUT2D eigenvalue weighted by Gasteiger charge is 2.07. The van der Waals surface area contributed by atoms with Crippen LogP contribution in [0, 0.1) is 19.7 Å². The molecule has 3 heteroatoms. The highest BCUT2D eigenvalue weighted by molar-refractivity contribution is 5.52. The molecular formula is C15H16FNO. The third kappa shape index (κ3) is 2.62. The maximum atomic E-state index is 13.5. The van der Waals surface area contributed by atoms with E-state index in [9.17, 15) is 4.39 Å². The Hall–Kier alpha value is -2.03. The topological polar surface area (TPSA) is 35.2 Å². The van der Waals surface area contributed by atoms with Gasteiger partial charge < -0.3 is 10.5 Å². The van der Waals surface area contributed by atoms with Crippen molar-refractivity contribution in [3.63, 3.8) is 0 Å². The van der Waals surface area contributed by atoms with E-state index in [-0.39, 0.29) is 5.75 Å². The van der Waals surface area contributed by atoms with Gasteiger partial charge in [0.25, 0.3) is 0 Å². The summed E-state index contributed by atoms with van der Waals surface area (Å²) in [5.41, 5.74) is 9.41. The molecule has 0 atom stereocenters. The number of para-hydroxylation sites is 1. The summed E-state index contributed by atoms with van der Waals surface area (Å²) in [4.78, 5) is 0. The van der Waals surface area contributed by atoms with Gasteiger partial charge in [-0.15, -0.1) is 0 Å². The van der Waals surface area contributed by atoms with E-state index in [1.807, 2.05) is 25.1 Å². The Morgan fingerprint density at radius 1 is 1.11 bits per heavy atom. The molecule has 0 aliphatic heterocycles. The summed E-state index contributed by atoms with van der Waals surface area (Å²) < 4.78 is 18.9. The zero-order valence-corrected chi connectivity index (χ0v) is 10.5. The third-order valence-electron chi connectivity index (χ3n) is 2.95. The summed E-state index contributed by atoms with van der Waals surface area (Å²) in [6, 6.07) is 10.6. The van der Waals surface area contributed by atoms with Crippen molar-refractivity contribution in [2.45, 2.75) is 20.5 Å². The monoisotopic (exact) mass is 245 g/mol. The zero-order valence-electron chi connectivity index (χ0n) is 10.5. The highest BCUT2D eigenvalue weighted by atomic mass is 19.1. The van der Waals surface area contributed by atoms with Gasteiger partial charge in [-0.3, -0.25) is 0 Å². The van der Waals surface area contributed by atoms with Crippen LogP contribution in [0.25, 0.3) is 0 Å². The number of anilines is 1. The minimum absolute atomic E-state index is 0.121. The summed E-state index contributed by atoms with van der Waals surface area (Å²) in [5, 5.41) is 0. The number of ether oxygens (including phenoxy) is 1. The molecule has 2 nitrogen and oxygen atoms in total. The summed E-state index contributed by atoms with van der Waals surface area (Å²) in [6.45, 7) is 4.40. The molecule has 0 amide bonds. The van der Waals surface area contributed by atoms with Gasteiger partial charge in [-0.05, 0) is 42.7 Å². The van der Waals surface area contributed by atoms with E-state index in [1.165, 1.54) is 17.2 Å². The van der Waals surface area contributed by atoms with Crippen LogP contribution < -0.4 is 10.5 Å². The number of hydrogen-bond donors (Lipinski definition) is 1. The Morgan fingerprint density at radius 2 is 1.89 bits per heavy atom. The van der Waals surface area contributed by atoms with Gasteiger partial charge in [0.05, 0.1) is 5.69 Å². The van der Waals surface area contributed by atoms with Crippen LogP contribution >= 0.6 is 0 Å². The fraction of sp³-hybridized carbons (Fsp3) is 0.200. The van der Waals surface area contributed by atoms with Crippen LogP contribution in [0.1, 0.15) is 16.7 Å². The molecule has 18 heavy (non-hydrogen) atoms. The van der Waals surface area contributed by atoms with Crippen molar-refractivity contribution in [1.29, 1.82) is 0 Å². The lowest BCUT2D eigenvalue weighted by molar-refractivity contribution is 0.292. The number of halogens is 1. The molecule has 0 spiro atoms. The lowest BCUT2D eigenvalue weighted by Gasteiger charge is -2.10. The Kier molecular flexibility index (Phi) is 3.51. The number of nitrogen functional groups attached to an aromatic ring is 1. The minimum atomic E-state index is -0.432. The van der Waals surface area contributed by atoms with Crippen LogP contribution in [0.4, 0.5) is 10.1 Å². The quantitative estimate of drug-likeness (QED) is 0.838. The molecule has 94 valence electrons. The molecule has 0 aliphatic carbocycles. The first-order valence-corrected chi connectivity index (χ1v) is 5.81. The molecule has 0 saturated carbocycles. The molecule has 2 aromatic rings. The summed E-state index contributed by atoms with van der Waals surface area (Å²) in [7, 11) is 0. The number of rotatable bonds is 3. The summed E-state index contributed by atoms with van der Waals surface area (Å²) in [5.74, 6) is -0.311. The largest absolute Gasteiger partial charge is 0.484 e. The van der Waals surface area contributed by atoms with Crippen molar-refractivity contribution >= 4 is 5.69 Å². The molecule has 0 unspecified atom stereocenters. The standard InChI is InChI=1S/C15H16FNO/c1-10-6-7-12(8-11(10)2)9-18-15-13(16)4-3-5-14(15)17/h3-8H,9,17H2,1-2H3. The fourth-order valence-corrected chi connectivity index (χ4v) is 1.73. The molecule has 0 bridgehead atoms. The van der Waals surface area contributed by atoms with Crippen molar-refractivity contribution in [3.05, 3.63) is 58.9 Å². The van der Waals surface area contributed by atoms with Gasteiger partial charge in [0.15, 0.2) is 11.6 Å². The van der Waals surface area contributed by atoms with Crippen molar-refractivity contribution in [1.82, 2.24) is 0 Å². The van der Waals surface area contributed by atoms with Gasteiger partial charge in [-0.25, -0.2) is 4.39 Å². The molecule has 0 saturated heterocycles. The van der Waals surface area contributed by atoms with Crippen LogP contribution in [0.2, 0.25) is 0 Å². The molecular weight excluding hydrogens is 229 g/mol. The molecule has 0 fully saturated rings. The van der Waals surface area contributed by atoms with Gasteiger partial charge in [0.1, 0.15) is 6.61 Å². The van der Waals surface area contributed by atoms with Crippen LogP contribution in [0.3, 0.4) is 0 Å². The maximum absolute atomic E-state index is 13.5. The number of benzene rings is 2. The second kappa shape index (κ2) is 5.08. The molecule has 0 aromatic heterocycles. The predicted octanol–water partition coefficient (Wildman–Crippen LogP) is 3.60. The van der Waals surface area contributed by atoms with Crippen molar-refractivity contribution in [2.75, 3.05) is 5.73 Å². The van der Waals surface area contributed by atoms with Crippen LogP contribution in [-0.2, 0) is 6.61 Å². The third-order valence-corrected chi connectivity index (χ3v) is 2.95. The normalized spacial score (nSPS) is 10.4. The summed E-state index contributed by atoms with van der Waals surface area (Å²) >= 11 is 0. The molecule has 2 aromatic carbocycles. The number of aryl methyl sites for hydroxylation is 2. The number of nitrogens with two attached hydrogens (primary N) is 1. The highest BCUT2D eigenvalue weighted by Crippen LogP contribution is 2.25. The van der Waals surface area contributed by atoms with Crippen LogP contribution in [0.15, 0.2) is 36.4 Å². The average molecular weight is 245 g/mol. The second-order valence-corrected chi connectivity index (χ2v) is 4.37. The molecule has 0 aliphatic rings. The van der Waals surface area contributed by atoms with E-state index in [2.05, 4.69) is 6.92 Å². The molecule has 0 heterocycles. The van der Waals surface area contributed by atoms with Crippen LogP contribution in [-0.4, -0.2) is 0 Å². The van der Waals surface area contributed by atoms with E-state index < -0.39 is 5.82 Å². The van der Waals surface area contributed by atoms with E-state index in [0.717, 1.165) is 5.56 Å². The average Bonchev–Trinajstić information content (AvgIpc) is 2.33. The molecule has 2 N–H and O–H groups in total. The van der Waals surface area contributed by atoms with Gasteiger partial charge in [0.2, 0.25) is 0 Å². The van der Waals surface area contributed by atoms with E-state index >= 15 is 0 Å².